The van der Waals surface area contributed by atoms with Gasteiger partial charge in [0.25, 0.3) is 0 Å². The van der Waals surface area contributed by atoms with Crippen LogP contribution in [0.1, 0.15) is 53.4 Å². The predicted octanol–water partition coefficient (Wildman–Crippen LogP) is 3.53. The van der Waals surface area contributed by atoms with E-state index in [-0.39, 0.29) is 0 Å². The van der Waals surface area contributed by atoms with Gasteiger partial charge in [0, 0.05) is 0 Å². The third kappa shape index (κ3) is 1.87. The zero-order chi connectivity index (χ0) is 11.3. The van der Waals surface area contributed by atoms with Crippen LogP contribution in [0, 0.1) is 17.3 Å². The summed E-state index contributed by atoms with van der Waals surface area (Å²) >= 11 is 0. The van der Waals surface area contributed by atoms with Gasteiger partial charge >= 0.3 is 0 Å². The van der Waals surface area contributed by atoms with Gasteiger partial charge in [0.1, 0.15) is 0 Å². The third-order valence-corrected chi connectivity index (χ3v) is 4.91. The summed E-state index contributed by atoms with van der Waals surface area (Å²) < 4.78 is 0. The number of rotatable bonds is 0. The summed E-state index contributed by atoms with van der Waals surface area (Å²) in [5, 5.41) is 10.1. The second kappa shape index (κ2) is 3.35. The highest BCUT2D eigenvalue weighted by molar-refractivity contribution is 5.20. The molecule has 0 amide bonds. The molecule has 15 heavy (non-hydrogen) atoms. The lowest BCUT2D eigenvalue weighted by molar-refractivity contribution is 0.000873. The van der Waals surface area contributed by atoms with Crippen molar-refractivity contribution in [2.24, 2.45) is 17.3 Å². The number of aliphatic hydroxyl groups is 1. The molecule has 0 saturated heterocycles. The number of hydrogen-bond donors (Lipinski definition) is 1. The average molecular weight is 208 g/mol. The van der Waals surface area contributed by atoms with E-state index in [1.165, 1.54) is 12.0 Å². The summed E-state index contributed by atoms with van der Waals surface area (Å²) in [5.74, 6) is 1.48. The maximum absolute atomic E-state index is 10.1. The van der Waals surface area contributed by atoms with E-state index >= 15 is 0 Å². The minimum Gasteiger partial charge on any atom is -0.390 e. The SMILES string of the molecule is CC1CC=C2CC(C)(O)CCC2C1(C)C. The highest BCUT2D eigenvalue weighted by atomic mass is 16.3. The maximum atomic E-state index is 10.1. The van der Waals surface area contributed by atoms with Crippen molar-refractivity contribution in [3.8, 4) is 0 Å². The van der Waals surface area contributed by atoms with Crippen LogP contribution in [0.15, 0.2) is 11.6 Å². The smallest absolute Gasteiger partial charge is 0.0657 e. The zero-order valence-electron chi connectivity index (χ0n) is 10.5. The van der Waals surface area contributed by atoms with Crippen molar-refractivity contribution in [2.45, 2.75) is 59.0 Å². The van der Waals surface area contributed by atoms with Crippen LogP contribution in [0.5, 0.6) is 0 Å². The Balaban J connectivity index is 2.26. The Labute approximate surface area is 93.6 Å². The van der Waals surface area contributed by atoms with Crippen molar-refractivity contribution in [1.82, 2.24) is 0 Å². The Morgan fingerprint density at radius 3 is 2.67 bits per heavy atom. The summed E-state index contributed by atoms with van der Waals surface area (Å²) in [4.78, 5) is 0. The van der Waals surface area contributed by atoms with Crippen LogP contribution in [-0.2, 0) is 0 Å². The van der Waals surface area contributed by atoms with Crippen molar-refractivity contribution in [3.05, 3.63) is 11.6 Å². The monoisotopic (exact) mass is 208 g/mol. The first kappa shape index (κ1) is 11.2. The van der Waals surface area contributed by atoms with Gasteiger partial charge in [-0.05, 0) is 49.9 Å². The van der Waals surface area contributed by atoms with Gasteiger partial charge in [0.2, 0.25) is 0 Å². The van der Waals surface area contributed by atoms with Crippen molar-refractivity contribution >= 4 is 0 Å². The largest absolute Gasteiger partial charge is 0.390 e. The van der Waals surface area contributed by atoms with Gasteiger partial charge in [-0.25, -0.2) is 0 Å². The van der Waals surface area contributed by atoms with Crippen molar-refractivity contribution < 1.29 is 5.11 Å². The summed E-state index contributed by atoms with van der Waals surface area (Å²) in [6.07, 6.45) is 6.61. The molecule has 0 spiro atoms. The van der Waals surface area contributed by atoms with E-state index in [1.54, 1.807) is 0 Å². The second-order valence-corrected chi connectivity index (χ2v) is 6.50. The quantitative estimate of drug-likeness (QED) is 0.604. The van der Waals surface area contributed by atoms with Crippen molar-refractivity contribution in [3.63, 3.8) is 0 Å². The van der Waals surface area contributed by atoms with Gasteiger partial charge in [-0.1, -0.05) is 32.4 Å². The molecule has 1 saturated carbocycles. The van der Waals surface area contributed by atoms with Crippen molar-refractivity contribution in [1.29, 1.82) is 0 Å². The molecule has 1 N–H and O–H groups in total. The molecule has 1 heteroatoms. The predicted molar refractivity (Wildman–Crippen MR) is 63.6 cm³/mol. The highest BCUT2D eigenvalue weighted by Gasteiger charge is 2.44. The van der Waals surface area contributed by atoms with E-state index < -0.39 is 5.60 Å². The topological polar surface area (TPSA) is 20.2 Å². The number of hydrogen-bond acceptors (Lipinski definition) is 1. The van der Waals surface area contributed by atoms with Crippen LogP contribution in [0.3, 0.4) is 0 Å². The molecule has 0 aliphatic heterocycles. The lowest BCUT2D eigenvalue weighted by Crippen LogP contribution is -2.42. The van der Waals surface area contributed by atoms with E-state index in [4.69, 9.17) is 0 Å². The molecule has 1 nitrogen and oxygen atoms in total. The number of fused-ring (bicyclic) bond motifs is 1. The average Bonchev–Trinajstić information content (AvgIpc) is 2.10. The minimum atomic E-state index is -0.445. The Morgan fingerprint density at radius 1 is 1.33 bits per heavy atom. The molecule has 0 bridgehead atoms. The van der Waals surface area contributed by atoms with E-state index in [2.05, 4.69) is 26.8 Å². The molecule has 0 heterocycles. The van der Waals surface area contributed by atoms with Gasteiger partial charge in [-0.2, -0.15) is 0 Å². The van der Waals surface area contributed by atoms with Gasteiger partial charge < -0.3 is 5.11 Å². The van der Waals surface area contributed by atoms with Gasteiger partial charge in [0.15, 0.2) is 0 Å². The maximum Gasteiger partial charge on any atom is 0.0657 e. The summed E-state index contributed by atoms with van der Waals surface area (Å²) in [7, 11) is 0. The molecule has 0 aromatic heterocycles. The first-order chi connectivity index (χ1) is 6.83. The lowest BCUT2D eigenvalue weighted by atomic mass is 9.57. The lowest BCUT2D eigenvalue weighted by Gasteiger charge is -2.49. The molecular weight excluding hydrogens is 184 g/mol. The fourth-order valence-electron chi connectivity index (χ4n) is 3.33. The standard InChI is InChI=1S/C14H24O/c1-10-5-6-11-9-14(4,15)8-7-12(11)13(10,2)3/h6,10,12,15H,5,7-9H2,1-4H3. The van der Waals surface area contributed by atoms with Crippen LogP contribution in [0.2, 0.25) is 0 Å². The van der Waals surface area contributed by atoms with Crippen LogP contribution >= 0.6 is 0 Å². The molecule has 1 fully saturated rings. The van der Waals surface area contributed by atoms with E-state index in [1.807, 2.05) is 6.92 Å². The Kier molecular flexibility index (Phi) is 2.50. The molecule has 0 aromatic rings. The molecule has 2 aliphatic rings. The normalized spacial score (nSPS) is 44.5. The molecule has 3 atom stereocenters. The second-order valence-electron chi connectivity index (χ2n) is 6.50. The molecule has 2 aliphatic carbocycles. The van der Waals surface area contributed by atoms with Gasteiger partial charge in [-0.15, -0.1) is 0 Å². The summed E-state index contributed by atoms with van der Waals surface area (Å²) in [6.45, 7) is 9.14. The van der Waals surface area contributed by atoms with E-state index in [0.29, 0.717) is 11.3 Å². The molecule has 0 radical (unpaired) electrons. The fraction of sp³-hybridized carbons (Fsp3) is 0.857. The minimum absolute atomic E-state index is 0.417. The Hall–Kier alpha value is -0.300. The molecular formula is C14H24O. The highest BCUT2D eigenvalue weighted by Crippen LogP contribution is 2.52. The summed E-state index contributed by atoms with van der Waals surface area (Å²) in [6, 6.07) is 0. The Bertz CT molecular complexity index is 286. The first-order valence-corrected chi connectivity index (χ1v) is 6.24. The Morgan fingerprint density at radius 2 is 2.00 bits per heavy atom. The van der Waals surface area contributed by atoms with Crippen LogP contribution in [0.4, 0.5) is 0 Å². The van der Waals surface area contributed by atoms with Crippen LogP contribution in [0.25, 0.3) is 0 Å². The van der Waals surface area contributed by atoms with Gasteiger partial charge in [-0.3, -0.25) is 0 Å². The number of allylic oxidation sites excluding steroid dienone is 1. The summed E-state index contributed by atoms with van der Waals surface area (Å²) in [5.41, 5.74) is 1.49. The van der Waals surface area contributed by atoms with E-state index in [9.17, 15) is 5.11 Å². The van der Waals surface area contributed by atoms with Crippen LogP contribution < -0.4 is 0 Å². The molecule has 2 rings (SSSR count). The molecule has 86 valence electrons. The van der Waals surface area contributed by atoms with Crippen LogP contribution in [-0.4, -0.2) is 10.7 Å². The third-order valence-electron chi connectivity index (χ3n) is 4.91. The fourth-order valence-corrected chi connectivity index (χ4v) is 3.33. The first-order valence-electron chi connectivity index (χ1n) is 6.24. The van der Waals surface area contributed by atoms with Crippen molar-refractivity contribution in [2.75, 3.05) is 0 Å². The van der Waals surface area contributed by atoms with Gasteiger partial charge in [0.05, 0.1) is 5.60 Å². The molecule has 3 unspecified atom stereocenters. The molecule has 0 aromatic carbocycles. The zero-order valence-corrected chi connectivity index (χ0v) is 10.5. The van der Waals surface area contributed by atoms with E-state index in [0.717, 1.165) is 25.2 Å².